The number of rotatable bonds is 9. The van der Waals surface area contributed by atoms with Gasteiger partial charge in [0.1, 0.15) is 24.8 Å². The third-order valence-corrected chi connectivity index (χ3v) is 7.97. The lowest BCUT2D eigenvalue weighted by Gasteiger charge is -2.19. The van der Waals surface area contributed by atoms with E-state index in [0.717, 1.165) is 22.4 Å². The molecule has 1 heterocycles. The summed E-state index contributed by atoms with van der Waals surface area (Å²) in [4.78, 5) is 26.7. The van der Waals surface area contributed by atoms with Crippen LogP contribution >= 0.6 is 39.3 Å². The molecule has 0 spiro atoms. The number of methoxy groups -OCH3 is 1. The lowest BCUT2D eigenvalue weighted by Crippen LogP contribution is -2.28. The molecule has 0 unspecified atom stereocenters. The van der Waals surface area contributed by atoms with Crippen LogP contribution in [0.4, 0.5) is 9.18 Å². The molecule has 40 heavy (non-hydrogen) atoms. The molecule has 3 aromatic carbocycles. The largest absolute Gasteiger partial charge is 0.493 e. The van der Waals surface area contributed by atoms with Crippen molar-refractivity contribution in [3.8, 4) is 17.2 Å². The van der Waals surface area contributed by atoms with Crippen molar-refractivity contribution in [3.05, 3.63) is 91.5 Å². The highest BCUT2D eigenvalue weighted by Crippen LogP contribution is 2.39. The van der Waals surface area contributed by atoms with Gasteiger partial charge in [-0.1, -0.05) is 50.6 Å². The molecular weight excluding hydrogens is 621 g/mol. The van der Waals surface area contributed by atoms with Crippen LogP contribution in [0, 0.1) is 5.82 Å². The van der Waals surface area contributed by atoms with Crippen LogP contribution < -0.4 is 14.2 Å². The molecule has 0 bridgehead atoms. The Morgan fingerprint density at radius 1 is 1.05 bits per heavy atom. The summed E-state index contributed by atoms with van der Waals surface area (Å²) in [6, 6.07) is 15.7. The lowest BCUT2D eigenvalue weighted by molar-refractivity contribution is -0.123. The number of thioether (sulfide) groups is 1. The molecule has 1 saturated heterocycles. The van der Waals surface area contributed by atoms with Crippen molar-refractivity contribution < 1.29 is 28.2 Å². The van der Waals surface area contributed by atoms with Crippen molar-refractivity contribution in [3.63, 3.8) is 0 Å². The van der Waals surface area contributed by atoms with E-state index in [-0.39, 0.29) is 34.1 Å². The van der Waals surface area contributed by atoms with Gasteiger partial charge >= 0.3 is 0 Å². The first-order valence-corrected chi connectivity index (χ1v) is 14.4. The molecule has 2 amide bonds. The normalized spacial score (nSPS) is 14.7. The average molecular weight is 649 g/mol. The molecule has 1 aliphatic heterocycles. The second-order valence-electron chi connectivity index (χ2n) is 9.97. The third kappa shape index (κ3) is 7.00. The molecule has 0 atom stereocenters. The maximum atomic E-state index is 14.2. The summed E-state index contributed by atoms with van der Waals surface area (Å²) in [7, 11) is 1.51. The molecule has 0 aliphatic carbocycles. The molecule has 1 aliphatic rings. The number of carbonyl (C=O) groups excluding carboxylic acids is 2. The minimum atomic E-state index is -0.580. The van der Waals surface area contributed by atoms with Gasteiger partial charge in [-0.3, -0.25) is 14.5 Å². The predicted molar refractivity (Wildman–Crippen MR) is 160 cm³/mol. The lowest BCUT2D eigenvalue weighted by atomic mass is 9.87. The van der Waals surface area contributed by atoms with Gasteiger partial charge in [0.05, 0.1) is 23.0 Å². The van der Waals surface area contributed by atoms with Crippen molar-refractivity contribution in [2.24, 2.45) is 0 Å². The maximum Gasteiger partial charge on any atom is 0.293 e. The van der Waals surface area contributed by atoms with Gasteiger partial charge in [0.15, 0.2) is 11.5 Å². The van der Waals surface area contributed by atoms with Crippen molar-refractivity contribution in [2.45, 2.75) is 32.7 Å². The summed E-state index contributed by atoms with van der Waals surface area (Å²) in [5.74, 6) is 0.561. The highest BCUT2D eigenvalue weighted by atomic mass is 79.9. The van der Waals surface area contributed by atoms with Crippen LogP contribution in [0.3, 0.4) is 0 Å². The van der Waals surface area contributed by atoms with E-state index in [9.17, 15) is 14.0 Å². The summed E-state index contributed by atoms with van der Waals surface area (Å²) in [6.45, 7) is 6.82. The summed E-state index contributed by atoms with van der Waals surface area (Å²) in [6.07, 6.45) is 1.58. The van der Waals surface area contributed by atoms with Gasteiger partial charge in [-0.25, -0.2) is 4.39 Å². The maximum absolute atomic E-state index is 14.2. The molecule has 3 aromatic rings. The van der Waals surface area contributed by atoms with E-state index >= 15 is 0 Å². The Balaban J connectivity index is 1.42. The van der Waals surface area contributed by atoms with Crippen LogP contribution in [0.5, 0.6) is 17.2 Å². The van der Waals surface area contributed by atoms with Gasteiger partial charge in [0.2, 0.25) is 0 Å². The molecule has 0 N–H and O–H groups in total. The fourth-order valence-electron chi connectivity index (χ4n) is 3.95. The van der Waals surface area contributed by atoms with Gasteiger partial charge in [-0.15, -0.1) is 0 Å². The monoisotopic (exact) mass is 647 g/mol. The standard InChI is InChI=1S/C30H28BrClFNO5S/c1-30(2,3)19-8-10-20(11-9-19)38-12-13-39-27-22(31)14-18(15-25(27)37-4)16-26-28(35)34(29(36)40-26)17-21-23(32)6-5-7-24(21)33/h5-11,14-16H,12-13,17H2,1-4H3/b26-16-. The molecule has 0 saturated carbocycles. The van der Waals surface area contributed by atoms with E-state index in [2.05, 4.69) is 48.8 Å². The Morgan fingerprint density at radius 2 is 1.75 bits per heavy atom. The topological polar surface area (TPSA) is 65.1 Å². The first-order valence-electron chi connectivity index (χ1n) is 12.4. The van der Waals surface area contributed by atoms with Crippen molar-refractivity contribution in [1.82, 2.24) is 4.90 Å². The Bertz CT molecular complexity index is 1440. The Morgan fingerprint density at radius 3 is 2.40 bits per heavy atom. The Kier molecular flexibility index (Phi) is 9.48. The molecule has 210 valence electrons. The zero-order valence-electron chi connectivity index (χ0n) is 22.4. The quantitative estimate of drug-likeness (QED) is 0.172. The van der Waals surface area contributed by atoms with Crippen molar-refractivity contribution >= 4 is 56.5 Å². The number of benzene rings is 3. The number of carbonyl (C=O) groups is 2. The number of nitrogens with zero attached hydrogens (tertiary/aromatic N) is 1. The fourth-order valence-corrected chi connectivity index (χ4v) is 5.58. The number of imide groups is 1. The zero-order chi connectivity index (χ0) is 29.0. The van der Waals surface area contributed by atoms with Gasteiger partial charge in [-0.05, 0) is 86.7 Å². The third-order valence-electron chi connectivity index (χ3n) is 6.12. The van der Waals surface area contributed by atoms with Gasteiger partial charge in [-0.2, -0.15) is 0 Å². The second-order valence-corrected chi connectivity index (χ2v) is 12.2. The first-order chi connectivity index (χ1) is 19.0. The van der Waals surface area contributed by atoms with E-state index in [0.29, 0.717) is 28.1 Å². The van der Waals surface area contributed by atoms with Crippen molar-refractivity contribution in [2.75, 3.05) is 20.3 Å². The van der Waals surface area contributed by atoms with E-state index < -0.39 is 17.0 Å². The van der Waals surface area contributed by atoms with E-state index in [1.807, 2.05) is 12.1 Å². The number of ether oxygens (including phenoxy) is 3. The number of halogens is 3. The highest BCUT2D eigenvalue weighted by molar-refractivity contribution is 9.10. The summed E-state index contributed by atoms with van der Waals surface area (Å²) in [5, 5.41) is -0.356. The van der Waals surface area contributed by atoms with Gasteiger partial charge < -0.3 is 14.2 Å². The molecule has 4 rings (SSSR count). The smallest absolute Gasteiger partial charge is 0.293 e. The van der Waals surface area contributed by atoms with Crippen LogP contribution in [0.2, 0.25) is 5.02 Å². The first kappa shape index (κ1) is 30.0. The summed E-state index contributed by atoms with van der Waals surface area (Å²) >= 11 is 10.4. The van der Waals surface area contributed by atoms with E-state index in [1.54, 1.807) is 18.2 Å². The molecule has 0 aromatic heterocycles. The molecular formula is C30H28BrClFNO5S. The van der Waals surface area contributed by atoms with Gasteiger partial charge in [0.25, 0.3) is 11.1 Å². The highest BCUT2D eigenvalue weighted by Gasteiger charge is 2.36. The van der Waals surface area contributed by atoms with Crippen LogP contribution in [-0.2, 0) is 16.8 Å². The Hall–Kier alpha value is -3.01. The van der Waals surface area contributed by atoms with Crippen molar-refractivity contribution in [1.29, 1.82) is 0 Å². The molecule has 1 fully saturated rings. The summed E-state index contributed by atoms with van der Waals surface area (Å²) < 4.78 is 32.1. The molecule has 10 heteroatoms. The SMILES string of the molecule is COc1cc(/C=C2\SC(=O)N(Cc3c(F)cccc3Cl)C2=O)cc(Br)c1OCCOc1ccc(C(C)(C)C)cc1. The molecule has 6 nitrogen and oxygen atoms in total. The van der Waals surface area contributed by atoms with Crippen LogP contribution in [0.15, 0.2) is 64.0 Å². The predicted octanol–water partition coefficient (Wildman–Crippen LogP) is 8.24. The summed E-state index contributed by atoms with van der Waals surface area (Å²) in [5.41, 5.74) is 2.00. The number of amides is 2. The number of hydrogen-bond acceptors (Lipinski definition) is 6. The minimum Gasteiger partial charge on any atom is -0.493 e. The Labute approximate surface area is 250 Å². The van der Waals surface area contributed by atoms with Crippen LogP contribution in [-0.4, -0.2) is 36.4 Å². The zero-order valence-corrected chi connectivity index (χ0v) is 25.6. The van der Waals surface area contributed by atoms with Crippen LogP contribution in [0.1, 0.15) is 37.5 Å². The van der Waals surface area contributed by atoms with Crippen LogP contribution in [0.25, 0.3) is 6.08 Å². The van der Waals surface area contributed by atoms with E-state index in [4.69, 9.17) is 25.8 Å². The van der Waals surface area contributed by atoms with Gasteiger partial charge in [0, 0.05) is 10.6 Å². The fraction of sp³-hybridized carbons (Fsp3) is 0.267. The second kappa shape index (κ2) is 12.7. The minimum absolute atomic E-state index is 0.0705. The van der Waals surface area contributed by atoms with E-state index in [1.165, 1.54) is 30.9 Å². The molecule has 0 radical (unpaired) electrons. The average Bonchev–Trinajstić information content (AvgIpc) is 3.16. The number of hydrogen-bond donors (Lipinski definition) is 0.